The molecule has 3 rings (SSSR count). The predicted molar refractivity (Wildman–Crippen MR) is 88.9 cm³/mol. The molecular formula is C16H14BrF2N3O2. The van der Waals surface area contributed by atoms with Gasteiger partial charge in [0.1, 0.15) is 5.69 Å². The fourth-order valence-electron chi connectivity index (χ4n) is 2.42. The maximum Gasteiger partial charge on any atom is 0.280 e. The van der Waals surface area contributed by atoms with Gasteiger partial charge in [0.05, 0.1) is 30.1 Å². The summed E-state index contributed by atoms with van der Waals surface area (Å²) in [6.45, 7) is 1.73. The molecule has 0 N–H and O–H groups in total. The maximum absolute atomic E-state index is 13.4. The van der Waals surface area contributed by atoms with Crippen molar-refractivity contribution in [3.8, 4) is 22.8 Å². The average molecular weight is 398 g/mol. The number of rotatable bonds is 4. The van der Waals surface area contributed by atoms with E-state index >= 15 is 0 Å². The highest BCUT2D eigenvalue weighted by Gasteiger charge is 2.20. The van der Waals surface area contributed by atoms with Gasteiger partial charge in [-0.2, -0.15) is 5.10 Å². The fourth-order valence-corrected chi connectivity index (χ4v) is 2.75. The molecular weight excluding hydrogens is 384 g/mol. The Bertz CT molecular complexity index is 912. The van der Waals surface area contributed by atoms with Crippen molar-refractivity contribution in [1.29, 1.82) is 0 Å². The Kier molecular flexibility index (Phi) is 4.40. The van der Waals surface area contributed by atoms with Crippen molar-refractivity contribution in [3.05, 3.63) is 40.1 Å². The minimum Gasteiger partial charge on any atom is -0.493 e. The number of methoxy groups -OCH3 is 2. The number of benzene rings is 1. The number of hydrogen-bond donors (Lipinski definition) is 0. The van der Waals surface area contributed by atoms with Crippen LogP contribution in [-0.2, 0) is 0 Å². The normalized spacial score (nSPS) is 11.3. The van der Waals surface area contributed by atoms with Gasteiger partial charge >= 0.3 is 0 Å². The molecule has 5 nitrogen and oxygen atoms in total. The van der Waals surface area contributed by atoms with E-state index in [2.05, 4.69) is 26.0 Å². The molecule has 1 aromatic carbocycles. The van der Waals surface area contributed by atoms with Gasteiger partial charge in [-0.3, -0.25) is 0 Å². The SMILES string of the molecule is COc1ccc(-c2cc(C(F)F)n3nc(C)c(Br)c3n2)cc1OC. The van der Waals surface area contributed by atoms with Crippen LogP contribution in [0.2, 0.25) is 0 Å². The molecule has 0 saturated heterocycles. The number of ether oxygens (including phenoxy) is 2. The molecule has 0 aliphatic rings. The van der Waals surface area contributed by atoms with Crippen molar-refractivity contribution in [2.24, 2.45) is 0 Å². The standard InChI is InChI=1S/C16H14BrF2N3O2/c1-8-14(17)16-20-10(7-11(15(18)19)22(16)21-8)9-4-5-12(23-2)13(6-9)24-3/h4-7,15H,1-3H3. The van der Waals surface area contributed by atoms with Crippen LogP contribution >= 0.6 is 15.9 Å². The van der Waals surface area contributed by atoms with E-state index in [0.29, 0.717) is 38.6 Å². The number of fused-ring (bicyclic) bond motifs is 1. The summed E-state index contributed by atoms with van der Waals surface area (Å²) < 4.78 is 39.1. The zero-order valence-corrected chi connectivity index (χ0v) is 14.8. The fraction of sp³-hybridized carbons (Fsp3) is 0.250. The van der Waals surface area contributed by atoms with Gasteiger partial charge in [-0.05, 0) is 47.1 Å². The minimum atomic E-state index is -2.68. The zero-order chi connectivity index (χ0) is 17.4. The Balaban J connectivity index is 2.25. The smallest absolute Gasteiger partial charge is 0.280 e. The van der Waals surface area contributed by atoms with Gasteiger partial charge in [-0.15, -0.1) is 0 Å². The predicted octanol–water partition coefficient (Wildman–Crippen LogP) is 4.42. The van der Waals surface area contributed by atoms with E-state index in [-0.39, 0.29) is 5.69 Å². The second kappa shape index (κ2) is 6.35. The van der Waals surface area contributed by atoms with Crippen LogP contribution in [0.25, 0.3) is 16.9 Å². The molecule has 0 aliphatic carbocycles. The third-order valence-electron chi connectivity index (χ3n) is 3.62. The van der Waals surface area contributed by atoms with Crippen LogP contribution in [0.5, 0.6) is 11.5 Å². The second-order valence-electron chi connectivity index (χ2n) is 5.07. The molecule has 0 unspecified atom stereocenters. The van der Waals surface area contributed by atoms with E-state index in [1.165, 1.54) is 20.3 Å². The summed E-state index contributed by atoms with van der Waals surface area (Å²) in [7, 11) is 3.04. The summed E-state index contributed by atoms with van der Waals surface area (Å²) in [5.41, 5.74) is 1.75. The molecule has 3 aromatic rings. The molecule has 126 valence electrons. The van der Waals surface area contributed by atoms with Gasteiger partial charge in [0, 0.05) is 5.56 Å². The number of halogens is 3. The van der Waals surface area contributed by atoms with E-state index in [0.717, 1.165) is 4.52 Å². The lowest BCUT2D eigenvalue weighted by molar-refractivity contribution is 0.143. The molecule has 0 amide bonds. The Hall–Kier alpha value is -2.22. The van der Waals surface area contributed by atoms with E-state index in [9.17, 15) is 8.78 Å². The van der Waals surface area contributed by atoms with Crippen molar-refractivity contribution >= 4 is 21.6 Å². The molecule has 2 heterocycles. The van der Waals surface area contributed by atoms with Crippen molar-refractivity contribution in [1.82, 2.24) is 14.6 Å². The minimum absolute atomic E-state index is 0.224. The molecule has 0 atom stereocenters. The van der Waals surface area contributed by atoms with Gasteiger partial charge in [0.15, 0.2) is 17.1 Å². The first-order valence-electron chi connectivity index (χ1n) is 7.02. The maximum atomic E-state index is 13.4. The Labute approximate surface area is 145 Å². The zero-order valence-electron chi connectivity index (χ0n) is 13.2. The molecule has 2 aromatic heterocycles. The summed E-state index contributed by atoms with van der Waals surface area (Å²) in [6, 6.07) is 6.48. The Morgan fingerprint density at radius 3 is 2.46 bits per heavy atom. The van der Waals surface area contributed by atoms with Gasteiger partial charge < -0.3 is 9.47 Å². The van der Waals surface area contributed by atoms with E-state index in [4.69, 9.17) is 9.47 Å². The number of hydrogen-bond acceptors (Lipinski definition) is 4. The van der Waals surface area contributed by atoms with Crippen LogP contribution in [0, 0.1) is 6.92 Å². The lowest BCUT2D eigenvalue weighted by Crippen LogP contribution is -2.02. The Morgan fingerprint density at radius 2 is 1.83 bits per heavy atom. The van der Waals surface area contributed by atoms with Crippen molar-refractivity contribution in [3.63, 3.8) is 0 Å². The number of aromatic nitrogens is 3. The number of alkyl halides is 2. The highest BCUT2D eigenvalue weighted by Crippen LogP contribution is 2.34. The van der Waals surface area contributed by atoms with Crippen molar-refractivity contribution in [2.45, 2.75) is 13.3 Å². The topological polar surface area (TPSA) is 48.7 Å². The molecule has 8 heteroatoms. The lowest BCUT2D eigenvalue weighted by atomic mass is 10.1. The van der Waals surface area contributed by atoms with Crippen LogP contribution in [0.3, 0.4) is 0 Å². The third kappa shape index (κ3) is 2.71. The Morgan fingerprint density at radius 1 is 1.12 bits per heavy atom. The molecule has 0 spiro atoms. The van der Waals surface area contributed by atoms with Gasteiger partial charge in [-0.1, -0.05) is 0 Å². The molecule has 0 fully saturated rings. The lowest BCUT2D eigenvalue weighted by Gasteiger charge is -2.11. The second-order valence-corrected chi connectivity index (χ2v) is 5.86. The summed E-state index contributed by atoms with van der Waals surface area (Å²) >= 11 is 3.36. The molecule has 0 saturated carbocycles. The van der Waals surface area contributed by atoms with Gasteiger partial charge in [-0.25, -0.2) is 18.3 Å². The quantitative estimate of drug-likeness (QED) is 0.653. The molecule has 24 heavy (non-hydrogen) atoms. The summed E-state index contributed by atoms with van der Waals surface area (Å²) in [4.78, 5) is 4.46. The first-order chi connectivity index (χ1) is 11.5. The molecule has 0 bridgehead atoms. The van der Waals surface area contributed by atoms with Crippen LogP contribution < -0.4 is 9.47 Å². The van der Waals surface area contributed by atoms with Crippen molar-refractivity contribution < 1.29 is 18.3 Å². The van der Waals surface area contributed by atoms with E-state index < -0.39 is 6.43 Å². The summed E-state index contributed by atoms with van der Waals surface area (Å²) in [5.74, 6) is 1.05. The largest absolute Gasteiger partial charge is 0.493 e. The van der Waals surface area contributed by atoms with E-state index in [1.54, 1.807) is 25.1 Å². The van der Waals surface area contributed by atoms with Gasteiger partial charge in [0.2, 0.25) is 0 Å². The highest BCUT2D eigenvalue weighted by molar-refractivity contribution is 9.10. The monoisotopic (exact) mass is 397 g/mol. The van der Waals surface area contributed by atoms with Crippen LogP contribution in [0.15, 0.2) is 28.7 Å². The summed E-state index contributed by atoms with van der Waals surface area (Å²) in [5, 5.41) is 4.11. The number of nitrogens with zero attached hydrogens (tertiary/aromatic N) is 3. The number of aryl methyl sites for hydroxylation is 1. The van der Waals surface area contributed by atoms with Crippen LogP contribution in [0.1, 0.15) is 17.8 Å². The third-order valence-corrected chi connectivity index (χ3v) is 4.55. The molecule has 0 aliphatic heterocycles. The molecule has 0 radical (unpaired) electrons. The van der Waals surface area contributed by atoms with Gasteiger partial charge in [0.25, 0.3) is 6.43 Å². The van der Waals surface area contributed by atoms with Crippen LogP contribution in [-0.4, -0.2) is 28.8 Å². The highest BCUT2D eigenvalue weighted by atomic mass is 79.9. The summed E-state index contributed by atoms with van der Waals surface area (Å²) in [6.07, 6.45) is -2.68. The van der Waals surface area contributed by atoms with E-state index in [1.807, 2.05) is 0 Å². The van der Waals surface area contributed by atoms with Crippen LogP contribution in [0.4, 0.5) is 8.78 Å². The average Bonchev–Trinajstić information content (AvgIpc) is 2.87. The van der Waals surface area contributed by atoms with Crippen molar-refractivity contribution in [2.75, 3.05) is 14.2 Å². The first-order valence-corrected chi connectivity index (χ1v) is 7.82. The first kappa shape index (κ1) is 16.6.